The van der Waals surface area contributed by atoms with E-state index in [-0.39, 0.29) is 0 Å². The van der Waals surface area contributed by atoms with Crippen LogP contribution in [0.25, 0.3) is 10.4 Å². The summed E-state index contributed by atoms with van der Waals surface area (Å²) in [6.45, 7) is 5.45. The van der Waals surface area contributed by atoms with Crippen molar-refractivity contribution in [2.45, 2.75) is 32.7 Å². The van der Waals surface area contributed by atoms with Crippen molar-refractivity contribution in [3.63, 3.8) is 0 Å². The number of nitrogens with one attached hydrogen (secondary N) is 1. The summed E-state index contributed by atoms with van der Waals surface area (Å²) < 4.78 is 1.29. The van der Waals surface area contributed by atoms with Gasteiger partial charge in [-0.05, 0) is 65.4 Å². The molecular formula is C16H20INS. The van der Waals surface area contributed by atoms with Gasteiger partial charge in [-0.2, -0.15) is 0 Å². The second kappa shape index (κ2) is 7.41. The van der Waals surface area contributed by atoms with Gasteiger partial charge < -0.3 is 5.32 Å². The summed E-state index contributed by atoms with van der Waals surface area (Å²) in [7, 11) is 0. The van der Waals surface area contributed by atoms with Crippen molar-refractivity contribution in [3.8, 4) is 10.4 Å². The van der Waals surface area contributed by atoms with Crippen LogP contribution in [0.3, 0.4) is 0 Å². The van der Waals surface area contributed by atoms with Gasteiger partial charge in [0.2, 0.25) is 0 Å². The molecule has 3 heteroatoms. The van der Waals surface area contributed by atoms with Gasteiger partial charge in [0, 0.05) is 19.4 Å². The predicted molar refractivity (Wildman–Crippen MR) is 93.8 cm³/mol. The third-order valence-electron chi connectivity index (χ3n) is 3.13. The molecule has 1 unspecified atom stereocenters. The van der Waals surface area contributed by atoms with Crippen LogP contribution in [0.1, 0.15) is 37.6 Å². The lowest BCUT2D eigenvalue weighted by molar-refractivity contribution is 0.516. The predicted octanol–water partition coefficient (Wildman–Crippen LogP) is 5.47. The second-order valence-corrected chi connectivity index (χ2v) is 6.97. The molecule has 1 nitrogen and oxygen atoms in total. The average molecular weight is 385 g/mol. The van der Waals surface area contributed by atoms with Crippen LogP contribution in [0.2, 0.25) is 0 Å². The molecular weight excluding hydrogens is 365 g/mol. The van der Waals surface area contributed by atoms with Crippen LogP contribution in [0.5, 0.6) is 0 Å². The van der Waals surface area contributed by atoms with Crippen molar-refractivity contribution in [1.29, 1.82) is 0 Å². The highest BCUT2D eigenvalue weighted by molar-refractivity contribution is 14.1. The van der Waals surface area contributed by atoms with Gasteiger partial charge in [-0.3, -0.25) is 0 Å². The first kappa shape index (κ1) is 15.0. The molecule has 0 saturated carbocycles. The SMILES string of the molecule is CCCC(NCC)c1ccc(-c2ccc(I)cc2)s1. The summed E-state index contributed by atoms with van der Waals surface area (Å²) in [6, 6.07) is 13.8. The Bertz CT molecular complexity index is 498. The Morgan fingerprint density at radius 3 is 2.47 bits per heavy atom. The summed E-state index contributed by atoms with van der Waals surface area (Å²) in [5.41, 5.74) is 1.32. The van der Waals surface area contributed by atoms with E-state index in [1.54, 1.807) is 0 Å². The van der Waals surface area contributed by atoms with Gasteiger partial charge in [0.1, 0.15) is 0 Å². The van der Waals surface area contributed by atoms with Crippen LogP contribution in [0.4, 0.5) is 0 Å². The highest BCUT2D eigenvalue weighted by atomic mass is 127. The lowest BCUT2D eigenvalue weighted by Gasteiger charge is -2.15. The summed E-state index contributed by atoms with van der Waals surface area (Å²) in [4.78, 5) is 2.82. The maximum absolute atomic E-state index is 3.58. The van der Waals surface area contributed by atoms with E-state index in [4.69, 9.17) is 0 Å². The Morgan fingerprint density at radius 2 is 1.84 bits per heavy atom. The second-order valence-electron chi connectivity index (χ2n) is 4.61. The molecule has 102 valence electrons. The van der Waals surface area contributed by atoms with Crippen molar-refractivity contribution in [1.82, 2.24) is 5.32 Å². The van der Waals surface area contributed by atoms with Gasteiger partial charge in [0.05, 0.1) is 0 Å². The van der Waals surface area contributed by atoms with E-state index >= 15 is 0 Å². The fourth-order valence-corrected chi connectivity index (χ4v) is 3.67. The molecule has 0 amide bonds. The molecule has 1 aromatic carbocycles. The van der Waals surface area contributed by atoms with Crippen molar-refractivity contribution in [2.24, 2.45) is 0 Å². The van der Waals surface area contributed by atoms with Crippen molar-refractivity contribution in [3.05, 3.63) is 44.8 Å². The number of thiophene rings is 1. The largest absolute Gasteiger partial charge is 0.310 e. The minimum Gasteiger partial charge on any atom is -0.310 e. The molecule has 0 radical (unpaired) electrons. The van der Waals surface area contributed by atoms with Crippen LogP contribution in [0, 0.1) is 3.57 Å². The highest BCUT2D eigenvalue weighted by Gasteiger charge is 2.12. The average Bonchev–Trinajstić information content (AvgIpc) is 2.89. The van der Waals surface area contributed by atoms with Gasteiger partial charge in [-0.15, -0.1) is 11.3 Å². The first-order chi connectivity index (χ1) is 9.24. The molecule has 0 aliphatic rings. The van der Waals surface area contributed by atoms with Crippen LogP contribution < -0.4 is 5.32 Å². The molecule has 1 N–H and O–H groups in total. The van der Waals surface area contributed by atoms with Gasteiger partial charge in [0.25, 0.3) is 0 Å². The Labute approximate surface area is 133 Å². The molecule has 0 aliphatic carbocycles. The summed E-state index contributed by atoms with van der Waals surface area (Å²) in [5, 5.41) is 3.58. The van der Waals surface area contributed by atoms with Gasteiger partial charge in [-0.1, -0.05) is 32.4 Å². The molecule has 19 heavy (non-hydrogen) atoms. The zero-order valence-electron chi connectivity index (χ0n) is 11.4. The minimum atomic E-state index is 0.512. The Hall–Kier alpha value is -0.390. The number of rotatable bonds is 6. The molecule has 1 atom stereocenters. The maximum Gasteiger partial charge on any atom is 0.0414 e. The van der Waals surface area contributed by atoms with Crippen LogP contribution in [0.15, 0.2) is 36.4 Å². The molecule has 2 rings (SSSR count). The molecule has 0 saturated heterocycles. The van der Waals surface area contributed by atoms with E-state index in [0.29, 0.717) is 6.04 Å². The molecule has 2 aromatic rings. The third kappa shape index (κ3) is 4.04. The van der Waals surface area contributed by atoms with Crippen molar-refractivity contribution >= 4 is 33.9 Å². The van der Waals surface area contributed by atoms with Crippen LogP contribution in [-0.2, 0) is 0 Å². The van der Waals surface area contributed by atoms with E-state index in [1.807, 2.05) is 11.3 Å². The molecule has 1 heterocycles. The number of halogens is 1. The van der Waals surface area contributed by atoms with Crippen LogP contribution in [-0.4, -0.2) is 6.54 Å². The van der Waals surface area contributed by atoms with Gasteiger partial charge >= 0.3 is 0 Å². The first-order valence-corrected chi connectivity index (χ1v) is 8.73. The lowest BCUT2D eigenvalue weighted by Crippen LogP contribution is -2.19. The van der Waals surface area contributed by atoms with E-state index in [1.165, 1.54) is 31.7 Å². The Morgan fingerprint density at radius 1 is 1.11 bits per heavy atom. The Kier molecular flexibility index (Phi) is 5.85. The number of hydrogen-bond acceptors (Lipinski definition) is 2. The van der Waals surface area contributed by atoms with Gasteiger partial charge in [0.15, 0.2) is 0 Å². The third-order valence-corrected chi connectivity index (χ3v) is 5.09. The fourth-order valence-electron chi connectivity index (χ4n) is 2.19. The fraction of sp³-hybridized carbons (Fsp3) is 0.375. The van der Waals surface area contributed by atoms with E-state index in [9.17, 15) is 0 Å². The molecule has 0 spiro atoms. The van der Waals surface area contributed by atoms with Crippen LogP contribution >= 0.6 is 33.9 Å². The molecule has 0 bridgehead atoms. The zero-order chi connectivity index (χ0) is 13.7. The molecule has 0 fully saturated rings. The smallest absolute Gasteiger partial charge is 0.0414 e. The Balaban J connectivity index is 2.19. The first-order valence-electron chi connectivity index (χ1n) is 6.83. The molecule has 1 aromatic heterocycles. The lowest BCUT2D eigenvalue weighted by atomic mass is 10.1. The highest BCUT2D eigenvalue weighted by Crippen LogP contribution is 2.33. The standard InChI is InChI=1S/C16H20INS/c1-3-5-14(18-4-2)16-11-10-15(19-16)12-6-8-13(17)9-7-12/h6-11,14,18H,3-5H2,1-2H3. The zero-order valence-corrected chi connectivity index (χ0v) is 14.4. The summed E-state index contributed by atoms with van der Waals surface area (Å²) >= 11 is 4.26. The van der Waals surface area contributed by atoms with Crippen molar-refractivity contribution < 1.29 is 0 Å². The van der Waals surface area contributed by atoms with E-state index in [0.717, 1.165) is 6.54 Å². The number of hydrogen-bond donors (Lipinski definition) is 1. The van der Waals surface area contributed by atoms with E-state index < -0.39 is 0 Å². The monoisotopic (exact) mass is 385 g/mol. The number of benzene rings is 1. The quantitative estimate of drug-likeness (QED) is 0.651. The molecule has 0 aliphatic heterocycles. The summed E-state index contributed by atoms with van der Waals surface area (Å²) in [5.74, 6) is 0. The minimum absolute atomic E-state index is 0.512. The van der Waals surface area contributed by atoms with Gasteiger partial charge in [-0.25, -0.2) is 0 Å². The maximum atomic E-state index is 3.58. The normalized spacial score (nSPS) is 12.6. The van der Waals surface area contributed by atoms with E-state index in [2.05, 4.69) is 78.2 Å². The topological polar surface area (TPSA) is 12.0 Å². The summed E-state index contributed by atoms with van der Waals surface area (Å²) in [6.07, 6.45) is 2.43. The van der Waals surface area contributed by atoms with Crippen molar-refractivity contribution in [2.75, 3.05) is 6.54 Å².